The molecular weight excluding hydrogens is 195 g/mol. The second kappa shape index (κ2) is 3.55. The van der Waals surface area contributed by atoms with Gasteiger partial charge >= 0.3 is 0 Å². The highest BCUT2D eigenvalue weighted by Crippen LogP contribution is 2.48. The number of alkyl halides is 2. The van der Waals surface area contributed by atoms with Crippen molar-refractivity contribution in [2.24, 2.45) is 11.8 Å². The van der Waals surface area contributed by atoms with Crippen LogP contribution in [0.4, 0.5) is 0 Å². The Morgan fingerprint density at radius 2 is 2.00 bits per heavy atom. The van der Waals surface area contributed by atoms with Gasteiger partial charge in [-0.15, -0.1) is 0 Å². The summed E-state index contributed by atoms with van der Waals surface area (Å²) in [5, 5.41) is 0. The molecule has 0 aromatic carbocycles. The molecule has 0 spiro atoms. The smallest absolute Gasteiger partial charge is 0.178 e. The van der Waals surface area contributed by atoms with Crippen molar-refractivity contribution in [3.63, 3.8) is 0 Å². The molecule has 1 fully saturated rings. The number of rotatable bonds is 2. The normalized spacial score (nSPS) is 34.2. The molecule has 1 nitrogen and oxygen atoms in total. The highest BCUT2D eigenvalue weighted by molar-refractivity contribution is 6.59. The number of hydrogen-bond acceptors (Lipinski definition) is 1. The van der Waals surface area contributed by atoms with Gasteiger partial charge in [0.05, 0.1) is 0 Å². The summed E-state index contributed by atoms with van der Waals surface area (Å²) in [6.07, 6.45) is 2.44. The molecule has 3 heteroatoms. The Morgan fingerprint density at radius 1 is 1.42 bits per heavy atom. The molecule has 12 heavy (non-hydrogen) atoms. The Balaban J connectivity index is 2.83. The van der Waals surface area contributed by atoms with Crippen LogP contribution in [0.5, 0.6) is 0 Å². The highest BCUT2D eigenvalue weighted by Gasteiger charge is 2.50. The first-order valence-electron chi connectivity index (χ1n) is 4.45. The van der Waals surface area contributed by atoms with Crippen molar-refractivity contribution in [1.82, 2.24) is 0 Å². The summed E-state index contributed by atoms with van der Waals surface area (Å²) in [5.74, 6) is 0.542. The molecule has 1 aliphatic carbocycles. The third kappa shape index (κ3) is 1.49. The number of halogens is 2. The average Bonchev–Trinajstić information content (AvgIpc) is 2.23. The van der Waals surface area contributed by atoms with Crippen molar-refractivity contribution < 1.29 is 4.79 Å². The van der Waals surface area contributed by atoms with Gasteiger partial charge in [0.25, 0.3) is 0 Å². The van der Waals surface area contributed by atoms with Crippen molar-refractivity contribution in [1.29, 1.82) is 0 Å². The van der Waals surface area contributed by atoms with Gasteiger partial charge in [-0.25, -0.2) is 0 Å². The van der Waals surface area contributed by atoms with E-state index in [4.69, 9.17) is 23.2 Å². The quantitative estimate of drug-likeness (QED) is 0.638. The first-order valence-corrected chi connectivity index (χ1v) is 5.20. The standard InChI is InChI=1S/C9H14Cl2O/c1-3-6-5-8(12)9(10,11)7(6)4-2/h6-7H,3-5H2,1-2H3/t6-,7-/m1/s1. The fourth-order valence-electron chi connectivity index (χ4n) is 2.04. The summed E-state index contributed by atoms with van der Waals surface area (Å²) in [4.78, 5) is 11.4. The lowest BCUT2D eigenvalue weighted by Gasteiger charge is -2.23. The topological polar surface area (TPSA) is 17.1 Å². The molecule has 0 radical (unpaired) electrons. The summed E-state index contributed by atoms with van der Waals surface area (Å²) < 4.78 is -1.10. The molecule has 0 aromatic rings. The average molecular weight is 209 g/mol. The third-order valence-corrected chi connectivity index (χ3v) is 3.80. The van der Waals surface area contributed by atoms with Crippen molar-refractivity contribution in [2.45, 2.75) is 37.4 Å². The Labute approximate surface area is 83.4 Å². The largest absolute Gasteiger partial charge is 0.296 e. The second-order valence-electron chi connectivity index (χ2n) is 3.43. The van der Waals surface area contributed by atoms with E-state index >= 15 is 0 Å². The molecular formula is C9H14Cl2O. The SMILES string of the molecule is CC[C@@H]1CC(=O)C(Cl)(Cl)[C@@H]1CC. The van der Waals surface area contributed by atoms with E-state index in [1.807, 2.05) is 6.92 Å². The van der Waals surface area contributed by atoms with Gasteiger partial charge in [-0.05, 0) is 12.3 Å². The minimum atomic E-state index is -1.10. The molecule has 0 aromatic heterocycles. The Hall–Kier alpha value is 0.250. The van der Waals surface area contributed by atoms with E-state index in [2.05, 4.69) is 6.92 Å². The molecule has 2 atom stereocenters. The summed E-state index contributed by atoms with van der Waals surface area (Å²) in [5.41, 5.74) is 0. The van der Waals surface area contributed by atoms with Gasteiger partial charge in [-0.1, -0.05) is 43.5 Å². The minimum Gasteiger partial charge on any atom is -0.296 e. The van der Waals surface area contributed by atoms with Gasteiger partial charge in [-0.2, -0.15) is 0 Å². The van der Waals surface area contributed by atoms with E-state index in [-0.39, 0.29) is 11.7 Å². The lowest BCUT2D eigenvalue weighted by atomic mass is 9.91. The molecule has 0 heterocycles. The fraction of sp³-hybridized carbons (Fsp3) is 0.889. The zero-order valence-electron chi connectivity index (χ0n) is 7.44. The van der Waals surface area contributed by atoms with Crippen LogP contribution < -0.4 is 0 Å². The molecule has 0 bridgehead atoms. The molecule has 0 aliphatic heterocycles. The molecule has 0 amide bonds. The van der Waals surface area contributed by atoms with E-state index in [0.717, 1.165) is 12.8 Å². The van der Waals surface area contributed by atoms with Gasteiger partial charge in [0.1, 0.15) is 0 Å². The highest BCUT2D eigenvalue weighted by atomic mass is 35.5. The molecule has 0 unspecified atom stereocenters. The van der Waals surface area contributed by atoms with Gasteiger partial charge in [-0.3, -0.25) is 4.79 Å². The lowest BCUT2D eigenvalue weighted by molar-refractivity contribution is -0.118. The van der Waals surface area contributed by atoms with Crippen LogP contribution in [-0.2, 0) is 4.79 Å². The summed E-state index contributed by atoms with van der Waals surface area (Å²) in [7, 11) is 0. The summed E-state index contributed by atoms with van der Waals surface area (Å²) >= 11 is 11.9. The minimum absolute atomic E-state index is 0.00420. The van der Waals surface area contributed by atoms with Crippen LogP contribution in [-0.4, -0.2) is 10.1 Å². The first kappa shape index (κ1) is 10.3. The molecule has 1 saturated carbocycles. The number of carbonyl (C=O) groups excluding carboxylic acids is 1. The van der Waals surface area contributed by atoms with Crippen LogP contribution in [0.1, 0.15) is 33.1 Å². The van der Waals surface area contributed by atoms with E-state index in [1.54, 1.807) is 0 Å². The second-order valence-corrected chi connectivity index (χ2v) is 4.82. The Bertz CT molecular complexity index is 189. The maximum absolute atomic E-state index is 11.4. The monoisotopic (exact) mass is 208 g/mol. The Morgan fingerprint density at radius 3 is 2.33 bits per heavy atom. The predicted octanol–water partition coefficient (Wildman–Crippen LogP) is 3.19. The number of hydrogen-bond donors (Lipinski definition) is 0. The van der Waals surface area contributed by atoms with Gasteiger partial charge < -0.3 is 0 Å². The van der Waals surface area contributed by atoms with Gasteiger partial charge in [0, 0.05) is 12.3 Å². The fourth-order valence-corrected chi connectivity index (χ4v) is 2.86. The zero-order chi connectivity index (χ0) is 9.35. The van der Waals surface area contributed by atoms with Crippen LogP contribution in [0, 0.1) is 11.8 Å². The van der Waals surface area contributed by atoms with Gasteiger partial charge in [0.2, 0.25) is 0 Å². The van der Waals surface area contributed by atoms with E-state index in [0.29, 0.717) is 12.3 Å². The maximum Gasteiger partial charge on any atom is 0.178 e. The van der Waals surface area contributed by atoms with Crippen LogP contribution in [0.15, 0.2) is 0 Å². The number of carbonyl (C=O) groups is 1. The molecule has 0 saturated heterocycles. The lowest BCUT2D eigenvalue weighted by Crippen LogP contribution is -2.28. The van der Waals surface area contributed by atoms with Crippen LogP contribution in [0.25, 0.3) is 0 Å². The van der Waals surface area contributed by atoms with Crippen LogP contribution in [0.2, 0.25) is 0 Å². The predicted molar refractivity (Wildman–Crippen MR) is 51.6 cm³/mol. The maximum atomic E-state index is 11.4. The van der Waals surface area contributed by atoms with Crippen molar-refractivity contribution in [2.75, 3.05) is 0 Å². The molecule has 0 N–H and O–H groups in total. The van der Waals surface area contributed by atoms with E-state index < -0.39 is 4.33 Å². The molecule has 1 rings (SSSR count). The Kier molecular flexibility index (Phi) is 3.06. The third-order valence-electron chi connectivity index (χ3n) is 2.82. The van der Waals surface area contributed by atoms with Crippen molar-refractivity contribution >= 4 is 29.0 Å². The van der Waals surface area contributed by atoms with Crippen LogP contribution >= 0.6 is 23.2 Å². The van der Waals surface area contributed by atoms with Crippen molar-refractivity contribution in [3.8, 4) is 0 Å². The number of ketones is 1. The van der Waals surface area contributed by atoms with E-state index in [9.17, 15) is 4.79 Å². The van der Waals surface area contributed by atoms with Gasteiger partial charge in [0.15, 0.2) is 10.1 Å². The summed E-state index contributed by atoms with van der Waals surface area (Å²) in [6.45, 7) is 4.11. The molecule has 1 aliphatic rings. The number of Topliss-reactive ketones (excluding diaryl/α,β-unsaturated/α-hetero) is 1. The first-order chi connectivity index (χ1) is 5.54. The van der Waals surface area contributed by atoms with E-state index in [1.165, 1.54) is 0 Å². The van der Waals surface area contributed by atoms with Crippen molar-refractivity contribution in [3.05, 3.63) is 0 Å². The molecule has 70 valence electrons. The van der Waals surface area contributed by atoms with Crippen LogP contribution in [0.3, 0.4) is 0 Å². The summed E-state index contributed by atoms with van der Waals surface area (Å²) in [6, 6.07) is 0. The zero-order valence-corrected chi connectivity index (χ0v) is 8.95.